The van der Waals surface area contributed by atoms with Crippen molar-refractivity contribution in [3.8, 4) is 0 Å². The van der Waals surface area contributed by atoms with Crippen molar-refractivity contribution in [1.82, 2.24) is 0 Å². The van der Waals surface area contributed by atoms with Crippen LogP contribution in [-0.2, 0) is 0 Å². The maximum atomic E-state index is 5.94. The topological polar surface area (TPSA) is 3.24 Å². The van der Waals surface area contributed by atoms with Gasteiger partial charge < -0.3 is 4.90 Å². The highest BCUT2D eigenvalue weighted by Crippen LogP contribution is 2.37. The molecule has 0 heterocycles. The average Bonchev–Trinajstić information content (AvgIpc) is 1.97. The highest BCUT2D eigenvalue weighted by Gasteiger charge is 2.10. The van der Waals surface area contributed by atoms with Gasteiger partial charge >= 0.3 is 0 Å². The minimum Gasteiger partial charge on any atom is -0.375 e. The molecule has 0 saturated carbocycles. The summed E-state index contributed by atoms with van der Waals surface area (Å²) in [5.74, 6) is 0. The molecule has 0 saturated heterocycles. The van der Waals surface area contributed by atoms with Gasteiger partial charge in [0.15, 0.2) is 0 Å². The zero-order valence-corrected chi connectivity index (χ0v) is 9.00. The molecule has 0 aliphatic heterocycles. The van der Waals surface area contributed by atoms with Gasteiger partial charge in [0, 0.05) is 14.1 Å². The highest BCUT2D eigenvalue weighted by atomic mass is 35.5. The van der Waals surface area contributed by atoms with Crippen LogP contribution in [0.25, 0.3) is 0 Å². The zero-order valence-electron chi connectivity index (χ0n) is 6.74. The number of hydrogen-bond acceptors (Lipinski definition) is 1. The van der Waals surface area contributed by atoms with E-state index in [1.165, 1.54) is 0 Å². The maximum absolute atomic E-state index is 5.94. The van der Waals surface area contributed by atoms with Crippen LogP contribution in [0.1, 0.15) is 0 Å². The predicted molar refractivity (Wildman–Crippen MR) is 55.8 cm³/mol. The molecule has 1 rings (SSSR count). The van der Waals surface area contributed by atoms with Gasteiger partial charge in [0.25, 0.3) is 0 Å². The summed E-state index contributed by atoms with van der Waals surface area (Å²) in [5, 5.41) is 1.62. The van der Waals surface area contributed by atoms with Crippen molar-refractivity contribution >= 4 is 40.5 Å². The van der Waals surface area contributed by atoms with Gasteiger partial charge in [0.2, 0.25) is 0 Å². The summed E-state index contributed by atoms with van der Waals surface area (Å²) < 4.78 is 0. The van der Waals surface area contributed by atoms with Crippen LogP contribution in [0.3, 0.4) is 0 Å². The van der Waals surface area contributed by atoms with Crippen molar-refractivity contribution in [2.24, 2.45) is 0 Å². The van der Waals surface area contributed by atoms with Crippen LogP contribution in [0.5, 0.6) is 0 Å². The van der Waals surface area contributed by atoms with Crippen molar-refractivity contribution in [3.05, 3.63) is 27.2 Å². The zero-order chi connectivity index (χ0) is 9.30. The maximum Gasteiger partial charge on any atom is 0.0840 e. The van der Waals surface area contributed by atoms with Crippen molar-refractivity contribution in [2.45, 2.75) is 0 Å². The Bertz CT molecular complexity index is 297. The quantitative estimate of drug-likeness (QED) is 0.657. The van der Waals surface area contributed by atoms with E-state index in [2.05, 4.69) is 0 Å². The fourth-order valence-electron chi connectivity index (χ4n) is 0.926. The molecule has 0 bridgehead atoms. The molecule has 0 amide bonds. The fourth-order valence-corrected chi connectivity index (χ4v) is 1.79. The lowest BCUT2D eigenvalue weighted by molar-refractivity contribution is 1.13. The van der Waals surface area contributed by atoms with E-state index in [1.54, 1.807) is 12.1 Å². The lowest BCUT2D eigenvalue weighted by atomic mass is 10.3. The van der Waals surface area contributed by atoms with Crippen LogP contribution in [0.2, 0.25) is 15.1 Å². The molecule has 0 unspecified atom stereocenters. The molecule has 0 aliphatic rings. The highest BCUT2D eigenvalue weighted by molar-refractivity contribution is 6.46. The lowest BCUT2D eigenvalue weighted by Crippen LogP contribution is -2.09. The van der Waals surface area contributed by atoms with Gasteiger partial charge in [-0.1, -0.05) is 34.8 Å². The van der Waals surface area contributed by atoms with Gasteiger partial charge in [-0.3, -0.25) is 0 Å². The number of anilines is 1. The number of benzene rings is 1. The minimum absolute atomic E-state index is 0.495. The first-order valence-electron chi connectivity index (χ1n) is 3.35. The van der Waals surface area contributed by atoms with Crippen molar-refractivity contribution in [1.29, 1.82) is 0 Å². The number of halogens is 3. The molecule has 0 aliphatic carbocycles. The molecule has 4 heteroatoms. The number of hydrogen-bond donors (Lipinski definition) is 0. The van der Waals surface area contributed by atoms with Gasteiger partial charge in [-0.05, 0) is 12.1 Å². The summed E-state index contributed by atoms with van der Waals surface area (Å²) in [6, 6.07) is 3.41. The Kier molecular flexibility index (Phi) is 3.10. The summed E-state index contributed by atoms with van der Waals surface area (Å²) in [6.45, 7) is 0. The predicted octanol–water partition coefficient (Wildman–Crippen LogP) is 3.71. The molecule has 66 valence electrons. The minimum atomic E-state index is 0.495. The first kappa shape index (κ1) is 9.97. The second-order valence-corrected chi connectivity index (χ2v) is 3.78. The standard InChI is InChI=1S/C8H8Cl3N/c1-12(2)8-6(10)4-3-5(9)7(8)11/h3-4H,1-2H3. The Labute approximate surface area is 86.8 Å². The van der Waals surface area contributed by atoms with Gasteiger partial charge in [0.05, 0.1) is 20.8 Å². The molecule has 0 N–H and O–H groups in total. The second-order valence-electron chi connectivity index (χ2n) is 2.59. The van der Waals surface area contributed by atoms with Crippen LogP contribution < -0.4 is 4.90 Å². The lowest BCUT2D eigenvalue weighted by Gasteiger charge is -2.16. The molecule has 1 nitrogen and oxygen atoms in total. The Morgan fingerprint density at radius 2 is 1.50 bits per heavy atom. The third-order valence-corrected chi connectivity index (χ3v) is 2.57. The number of rotatable bonds is 1. The van der Waals surface area contributed by atoms with Crippen LogP contribution in [0.4, 0.5) is 5.69 Å². The molecule has 1 aromatic rings. The molecule has 0 atom stereocenters. The van der Waals surface area contributed by atoms with E-state index in [9.17, 15) is 0 Å². The smallest absolute Gasteiger partial charge is 0.0840 e. The molecule has 0 fully saturated rings. The third kappa shape index (κ3) is 1.79. The summed E-state index contributed by atoms with van der Waals surface area (Å²) in [4.78, 5) is 1.83. The van der Waals surface area contributed by atoms with Gasteiger partial charge in [-0.15, -0.1) is 0 Å². The van der Waals surface area contributed by atoms with E-state index < -0.39 is 0 Å². The Balaban J connectivity index is 3.33. The van der Waals surface area contributed by atoms with E-state index in [1.807, 2.05) is 19.0 Å². The largest absolute Gasteiger partial charge is 0.375 e. The van der Waals surface area contributed by atoms with E-state index in [-0.39, 0.29) is 0 Å². The van der Waals surface area contributed by atoms with E-state index in [0.29, 0.717) is 15.1 Å². The van der Waals surface area contributed by atoms with E-state index in [4.69, 9.17) is 34.8 Å². The molecule has 1 aromatic carbocycles. The van der Waals surface area contributed by atoms with E-state index >= 15 is 0 Å². The first-order chi connectivity index (χ1) is 5.54. The van der Waals surface area contributed by atoms with Crippen molar-refractivity contribution in [3.63, 3.8) is 0 Å². The molecule has 0 aromatic heterocycles. The van der Waals surface area contributed by atoms with Crippen LogP contribution in [-0.4, -0.2) is 14.1 Å². The average molecular weight is 225 g/mol. The van der Waals surface area contributed by atoms with E-state index in [0.717, 1.165) is 5.69 Å². The first-order valence-corrected chi connectivity index (χ1v) is 4.48. The van der Waals surface area contributed by atoms with Gasteiger partial charge in [-0.25, -0.2) is 0 Å². The second kappa shape index (κ2) is 3.73. The molecule has 12 heavy (non-hydrogen) atoms. The monoisotopic (exact) mass is 223 g/mol. The molecule has 0 spiro atoms. The summed E-state index contributed by atoms with van der Waals surface area (Å²) in [6.07, 6.45) is 0. The van der Waals surface area contributed by atoms with Gasteiger partial charge in [-0.2, -0.15) is 0 Å². The van der Waals surface area contributed by atoms with Crippen LogP contribution in [0.15, 0.2) is 12.1 Å². The fraction of sp³-hybridized carbons (Fsp3) is 0.250. The Hall–Kier alpha value is -0.110. The van der Waals surface area contributed by atoms with Gasteiger partial charge in [0.1, 0.15) is 0 Å². The summed E-state index contributed by atoms with van der Waals surface area (Å²) >= 11 is 17.7. The molecular formula is C8H8Cl3N. The molecule has 0 radical (unpaired) electrons. The van der Waals surface area contributed by atoms with Crippen molar-refractivity contribution in [2.75, 3.05) is 19.0 Å². The van der Waals surface area contributed by atoms with Crippen LogP contribution >= 0.6 is 34.8 Å². The van der Waals surface area contributed by atoms with Crippen molar-refractivity contribution < 1.29 is 0 Å². The normalized spacial score (nSPS) is 10.1. The third-order valence-electron chi connectivity index (χ3n) is 1.47. The summed E-state index contributed by atoms with van der Waals surface area (Å²) in [5.41, 5.74) is 0.755. The SMILES string of the molecule is CN(C)c1c(Cl)ccc(Cl)c1Cl. The Morgan fingerprint density at radius 3 is 1.92 bits per heavy atom. The van der Waals surface area contributed by atoms with Crippen LogP contribution in [0, 0.1) is 0 Å². The number of nitrogens with zero attached hydrogens (tertiary/aromatic N) is 1. The Morgan fingerprint density at radius 1 is 1.00 bits per heavy atom. The summed E-state index contributed by atoms with van der Waals surface area (Å²) in [7, 11) is 3.73. The molecular weight excluding hydrogens is 216 g/mol.